The summed E-state index contributed by atoms with van der Waals surface area (Å²) in [6.07, 6.45) is -0.468. The predicted octanol–water partition coefficient (Wildman–Crippen LogP) is 3.26. The summed E-state index contributed by atoms with van der Waals surface area (Å²) in [6.45, 7) is 7.70. The van der Waals surface area contributed by atoms with E-state index >= 15 is 0 Å². The quantitative estimate of drug-likeness (QED) is 0.473. The van der Waals surface area contributed by atoms with E-state index in [0.29, 0.717) is 11.6 Å². The van der Waals surface area contributed by atoms with Gasteiger partial charge in [0, 0.05) is 19.0 Å². The van der Waals surface area contributed by atoms with Gasteiger partial charge >= 0.3 is 0 Å². The molecule has 4 atom stereocenters. The molecule has 38 heavy (non-hydrogen) atoms. The highest BCUT2D eigenvalue weighted by molar-refractivity contribution is 7.13. The van der Waals surface area contributed by atoms with Crippen molar-refractivity contribution in [3.8, 4) is 16.3 Å². The summed E-state index contributed by atoms with van der Waals surface area (Å²) in [5.41, 5.74) is 3.38. The molecule has 5 rings (SSSR count). The van der Waals surface area contributed by atoms with Crippen LogP contribution in [0.2, 0.25) is 0 Å². The number of nitrogens with zero attached hydrogens (tertiary/aromatic N) is 4. The van der Waals surface area contributed by atoms with Gasteiger partial charge < -0.3 is 24.6 Å². The number of rotatable bonds is 7. The van der Waals surface area contributed by atoms with Crippen molar-refractivity contribution in [1.82, 2.24) is 20.4 Å². The van der Waals surface area contributed by atoms with Gasteiger partial charge in [0.25, 0.3) is 11.8 Å². The summed E-state index contributed by atoms with van der Waals surface area (Å²) in [5, 5.41) is 17.3. The number of likely N-dealkylation sites (tertiary alicyclic amines) is 1. The van der Waals surface area contributed by atoms with E-state index in [4.69, 9.17) is 14.3 Å². The molecule has 0 spiro atoms. The number of aryl methyl sites for hydroxylation is 1. The normalized spacial score (nSPS) is 24.0. The van der Waals surface area contributed by atoms with Crippen molar-refractivity contribution in [3.63, 3.8) is 0 Å². The number of aromatic nitrogens is 2. The second kappa shape index (κ2) is 9.95. The van der Waals surface area contributed by atoms with Crippen molar-refractivity contribution in [1.29, 1.82) is 0 Å². The lowest BCUT2D eigenvalue weighted by Crippen LogP contribution is -2.48. The number of ether oxygens (including phenoxy) is 1. The fourth-order valence-electron chi connectivity index (χ4n) is 5.18. The first-order valence-corrected chi connectivity index (χ1v) is 13.4. The molecular weight excluding hydrogens is 506 g/mol. The van der Waals surface area contributed by atoms with Crippen LogP contribution in [0.3, 0.4) is 0 Å². The Morgan fingerprint density at radius 3 is 2.66 bits per heavy atom. The molecule has 2 aromatic heterocycles. The van der Waals surface area contributed by atoms with Crippen LogP contribution in [0.4, 0.5) is 0 Å². The SMILES string of the molecule is COc1cc(C(C(=O)N2C[C@H](O)C[C@@H]2C2=N[C@](C)(c3ccc(-c4scnc4C)cc3)C(=O)N2)C(C)C)on1. The van der Waals surface area contributed by atoms with E-state index in [1.165, 1.54) is 7.11 Å². The lowest BCUT2D eigenvalue weighted by atomic mass is 9.91. The average molecular weight is 538 g/mol. The average Bonchev–Trinajstić information content (AvgIpc) is 3.67. The van der Waals surface area contributed by atoms with Crippen molar-refractivity contribution in [2.45, 2.75) is 57.7 Å². The molecule has 1 unspecified atom stereocenters. The summed E-state index contributed by atoms with van der Waals surface area (Å²) >= 11 is 1.57. The third kappa shape index (κ3) is 4.49. The van der Waals surface area contributed by atoms with E-state index in [0.717, 1.165) is 21.7 Å². The number of carbonyl (C=O) groups is 2. The van der Waals surface area contributed by atoms with Gasteiger partial charge in [-0.2, -0.15) is 0 Å². The number of aliphatic hydroxyl groups excluding tert-OH is 1. The number of β-amino-alcohol motifs (C(OH)–C–C–N with tert-alkyl or cyclic N) is 1. The number of benzene rings is 1. The number of hydrogen-bond acceptors (Lipinski definition) is 9. The van der Waals surface area contributed by atoms with Crippen LogP contribution in [0.1, 0.15) is 50.1 Å². The Bertz CT molecular complexity index is 1380. The minimum Gasteiger partial charge on any atom is -0.479 e. The summed E-state index contributed by atoms with van der Waals surface area (Å²) in [5.74, 6) is -0.187. The molecule has 2 aliphatic rings. The highest BCUT2D eigenvalue weighted by Crippen LogP contribution is 2.36. The number of hydrogen-bond donors (Lipinski definition) is 2. The smallest absolute Gasteiger partial charge is 0.257 e. The van der Waals surface area contributed by atoms with Crippen LogP contribution < -0.4 is 10.1 Å². The summed E-state index contributed by atoms with van der Waals surface area (Å²) in [6, 6.07) is 8.77. The van der Waals surface area contributed by atoms with Gasteiger partial charge in [0.1, 0.15) is 11.8 Å². The maximum absolute atomic E-state index is 13.8. The molecule has 0 radical (unpaired) electrons. The standard InChI is InChI=1S/C27H31N5O5S/c1-14(2)22(20-11-21(36-5)31-37-20)25(34)32-12-18(33)10-19(32)24-29-26(35)27(4,30-24)17-8-6-16(7-9-17)23-15(3)28-13-38-23/h6-9,11,13-14,18-19,22,33H,10,12H2,1-5H3,(H,29,30,35)/t18-,19-,22?,27-/m1/s1. The Kier molecular flexibility index (Phi) is 6.83. The largest absolute Gasteiger partial charge is 0.479 e. The molecule has 1 aromatic carbocycles. The van der Waals surface area contributed by atoms with Gasteiger partial charge in [-0.1, -0.05) is 38.1 Å². The Balaban J connectivity index is 1.43. The molecule has 0 aliphatic carbocycles. The summed E-state index contributed by atoms with van der Waals surface area (Å²) in [4.78, 5) is 38.8. The van der Waals surface area contributed by atoms with Gasteiger partial charge in [0.15, 0.2) is 11.3 Å². The van der Waals surface area contributed by atoms with Crippen LogP contribution in [-0.2, 0) is 15.1 Å². The number of amides is 2. The van der Waals surface area contributed by atoms with Crippen LogP contribution in [0.15, 0.2) is 45.4 Å². The van der Waals surface area contributed by atoms with Crippen LogP contribution in [0.25, 0.3) is 10.4 Å². The molecule has 11 heteroatoms. The van der Waals surface area contributed by atoms with Gasteiger partial charge in [-0.15, -0.1) is 11.3 Å². The monoisotopic (exact) mass is 537 g/mol. The maximum atomic E-state index is 13.8. The molecule has 4 heterocycles. The van der Waals surface area contributed by atoms with Crippen molar-refractivity contribution in [3.05, 3.63) is 52.9 Å². The maximum Gasteiger partial charge on any atom is 0.257 e. The van der Waals surface area contributed by atoms with Crippen molar-refractivity contribution >= 4 is 29.0 Å². The second-order valence-corrected chi connectivity index (χ2v) is 11.1. The highest BCUT2D eigenvalue weighted by Gasteiger charge is 2.48. The second-order valence-electron chi connectivity index (χ2n) is 10.3. The van der Waals surface area contributed by atoms with Gasteiger partial charge in [-0.3, -0.25) is 9.59 Å². The van der Waals surface area contributed by atoms with E-state index in [9.17, 15) is 14.7 Å². The number of nitrogens with one attached hydrogen (secondary N) is 1. The molecule has 1 fully saturated rings. The van der Waals surface area contributed by atoms with Crippen LogP contribution in [0.5, 0.6) is 5.88 Å². The first-order valence-electron chi connectivity index (χ1n) is 12.5. The van der Waals surface area contributed by atoms with Crippen LogP contribution in [-0.4, -0.2) is 63.6 Å². The summed E-state index contributed by atoms with van der Waals surface area (Å²) in [7, 11) is 1.48. The molecule has 0 bridgehead atoms. The highest BCUT2D eigenvalue weighted by atomic mass is 32.1. The van der Waals surface area contributed by atoms with Crippen LogP contribution in [0, 0.1) is 12.8 Å². The zero-order valence-electron chi connectivity index (χ0n) is 22.0. The molecule has 2 amide bonds. The first-order chi connectivity index (χ1) is 18.1. The van der Waals surface area contributed by atoms with E-state index in [2.05, 4.69) is 15.5 Å². The molecule has 2 N–H and O–H groups in total. The van der Waals surface area contributed by atoms with Crippen molar-refractivity contribution in [2.24, 2.45) is 10.9 Å². The van der Waals surface area contributed by atoms with E-state index < -0.39 is 23.6 Å². The van der Waals surface area contributed by atoms with Crippen molar-refractivity contribution in [2.75, 3.05) is 13.7 Å². The molecular formula is C27H31N5O5S. The van der Waals surface area contributed by atoms with Crippen molar-refractivity contribution < 1.29 is 24.0 Å². The molecule has 200 valence electrons. The molecule has 1 saturated heterocycles. The third-order valence-corrected chi connectivity index (χ3v) is 8.29. The molecule has 0 saturated carbocycles. The van der Waals surface area contributed by atoms with Gasteiger partial charge in [0.05, 0.1) is 35.3 Å². The van der Waals surface area contributed by atoms with Crippen LogP contribution >= 0.6 is 11.3 Å². The number of amidine groups is 1. The predicted molar refractivity (Wildman–Crippen MR) is 142 cm³/mol. The number of aliphatic imine (C=N–C) groups is 1. The molecule has 10 nitrogen and oxygen atoms in total. The van der Waals surface area contributed by atoms with E-state index in [1.54, 1.807) is 29.2 Å². The minimum atomic E-state index is -1.16. The fraction of sp³-hybridized carbons (Fsp3) is 0.444. The molecule has 2 aliphatic heterocycles. The van der Waals surface area contributed by atoms with E-state index in [-0.39, 0.29) is 36.6 Å². The Hall–Kier alpha value is -3.57. The van der Waals surface area contributed by atoms with Gasteiger partial charge in [0.2, 0.25) is 5.91 Å². The Morgan fingerprint density at radius 2 is 2.05 bits per heavy atom. The number of thiazole rings is 1. The minimum absolute atomic E-state index is 0.107. The number of carbonyl (C=O) groups excluding carboxylic acids is 2. The molecule has 3 aromatic rings. The summed E-state index contributed by atoms with van der Waals surface area (Å²) < 4.78 is 10.5. The van der Waals surface area contributed by atoms with Gasteiger partial charge in [-0.05, 0) is 36.0 Å². The zero-order chi connectivity index (χ0) is 27.2. The Labute approximate surface area is 224 Å². The fourth-order valence-corrected chi connectivity index (χ4v) is 5.99. The Morgan fingerprint density at radius 1 is 1.32 bits per heavy atom. The topological polar surface area (TPSA) is 130 Å². The lowest BCUT2D eigenvalue weighted by molar-refractivity contribution is -0.134. The van der Waals surface area contributed by atoms with E-state index in [1.807, 2.05) is 50.5 Å². The first kappa shape index (κ1) is 26.1. The zero-order valence-corrected chi connectivity index (χ0v) is 22.8. The number of methoxy groups -OCH3 is 1. The lowest BCUT2D eigenvalue weighted by Gasteiger charge is -2.29. The third-order valence-electron chi connectivity index (χ3n) is 7.32. The van der Waals surface area contributed by atoms with Gasteiger partial charge in [-0.25, -0.2) is 9.98 Å². The number of aliphatic hydroxyl groups is 1.